The highest BCUT2D eigenvalue weighted by Crippen LogP contribution is 2.19. The van der Waals surface area contributed by atoms with Crippen LogP contribution in [-0.2, 0) is 4.74 Å². The molecule has 1 saturated heterocycles. The predicted octanol–water partition coefficient (Wildman–Crippen LogP) is 0.883. The largest absolute Gasteiger partial charge is 0.376 e. The van der Waals surface area contributed by atoms with Crippen LogP contribution < -0.4 is 10.6 Å². The predicted molar refractivity (Wildman–Crippen MR) is 76.0 cm³/mol. The lowest BCUT2D eigenvalue weighted by Crippen LogP contribution is -2.32. The van der Waals surface area contributed by atoms with Crippen molar-refractivity contribution in [1.29, 1.82) is 0 Å². The van der Waals surface area contributed by atoms with Crippen molar-refractivity contribution >= 4 is 11.8 Å². The fourth-order valence-corrected chi connectivity index (χ4v) is 2.29. The third-order valence-corrected chi connectivity index (χ3v) is 3.68. The molecule has 1 aromatic rings. The molecule has 1 aromatic heterocycles. The summed E-state index contributed by atoms with van der Waals surface area (Å²) in [5, 5.41) is 5.70. The minimum atomic E-state index is -0.272. The molecule has 0 radical (unpaired) electrons. The summed E-state index contributed by atoms with van der Waals surface area (Å²) in [4.78, 5) is 28.0. The number of carbonyl (C=O) groups is 2. The molecular weight excluding hydrogens is 270 g/mol. The van der Waals surface area contributed by atoms with Crippen molar-refractivity contribution in [3.8, 4) is 0 Å². The average Bonchev–Trinajstić information content (AvgIpc) is 3.16. The van der Waals surface area contributed by atoms with Crippen LogP contribution in [0.1, 0.15) is 46.5 Å². The molecule has 6 nitrogen and oxygen atoms in total. The van der Waals surface area contributed by atoms with Crippen LogP contribution in [0.25, 0.3) is 0 Å². The zero-order valence-corrected chi connectivity index (χ0v) is 11.8. The van der Waals surface area contributed by atoms with Crippen LogP contribution in [0.3, 0.4) is 0 Å². The topological polar surface area (TPSA) is 80.3 Å². The molecule has 3 rings (SSSR count). The van der Waals surface area contributed by atoms with Crippen molar-refractivity contribution in [1.82, 2.24) is 15.6 Å². The van der Waals surface area contributed by atoms with Crippen LogP contribution in [0, 0.1) is 0 Å². The maximum Gasteiger partial charge on any atom is 0.269 e. The highest BCUT2D eigenvalue weighted by Gasteiger charge is 2.24. The van der Waals surface area contributed by atoms with Gasteiger partial charge < -0.3 is 15.4 Å². The molecule has 2 N–H and O–H groups in total. The van der Waals surface area contributed by atoms with E-state index in [4.69, 9.17) is 4.74 Å². The number of pyridine rings is 1. The van der Waals surface area contributed by atoms with Crippen molar-refractivity contribution in [2.45, 2.75) is 37.8 Å². The zero-order valence-electron chi connectivity index (χ0n) is 11.8. The van der Waals surface area contributed by atoms with Crippen molar-refractivity contribution in [2.75, 3.05) is 13.2 Å². The van der Waals surface area contributed by atoms with Crippen molar-refractivity contribution in [2.24, 2.45) is 0 Å². The van der Waals surface area contributed by atoms with Gasteiger partial charge in [0.15, 0.2) is 0 Å². The Labute approximate surface area is 123 Å². The number of rotatable bonds is 5. The molecule has 0 spiro atoms. The minimum absolute atomic E-state index is 0.0929. The maximum absolute atomic E-state index is 12.0. The van der Waals surface area contributed by atoms with E-state index in [9.17, 15) is 9.59 Å². The highest BCUT2D eigenvalue weighted by molar-refractivity contribution is 5.98. The van der Waals surface area contributed by atoms with Gasteiger partial charge in [-0.1, -0.05) is 0 Å². The van der Waals surface area contributed by atoms with E-state index < -0.39 is 0 Å². The average molecular weight is 289 g/mol. The molecule has 1 aliphatic heterocycles. The van der Waals surface area contributed by atoms with Crippen LogP contribution in [0.4, 0.5) is 0 Å². The molecule has 0 bridgehead atoms. The summed E-state index contributed by atoms with van der Waals surface area (Å²) in [7, 11) is 0. The molecule has 6 heteroatoms. The quantitative estimate of drug-likeness (QED) is 0.843. The van der Waals surface area contributed by atoms with Crippen LogP contribution in [-0.4, -0.2) is 42.1 Å². The maximum atomic E-state index is 12.0. The SMILES string of the molecule is O=C(NC1CC1)c1ccnc(C(=O)NCC2CCCO2)c1. The first-order valence-corrected chi connectivity index (χ1v) is 7.39. The standard InChI is InChI=1S/C15H19N3O3/c19-14(18-11-3-4-11)10-5-6-16-13(8-10)15(20)17-9-12-2-1-7-21-12/h5-6,8,11-12H,1-4,7,9H2,(H,17,20)(H,18,19). The third kappa shape index (κ3) is 3.78. The zero-order chi connectivity index (χ0) is 14.7. The number of aromatic nitrogens is 1. The Bertz CT molecular complexity index is 537. The van der Waals surface area contributed by atoms with Crippen molar-refractivity contribution < 1.29 is 14.3 Å². The summed E-state index contributed by atoms with van der Waals surface area (Å²) in [5.74, 6) is -0.417. The summed E-state index contributed by atoms with van der Waals surface area (Å²) in [6.07, 6.45) is 5.66. The van der Waals surface area contributed by atoms with Gasteiger partial charge in [0, 0.05) is 31.0 Å². The molecule has 2 fully saturated rings. The second-order valence-electron chi connectivity index (χ2n) is 5.52. The van der Waals surface area contributed by atoms with E-state index in [0.29, 0.717) is 18.2 Å². The monoisotopic (exact) mass is 289 g/mol. The van der Waals surface area contributed by atoms with Gasteiger partial charge in [0.2, 0.25) is 0 Å². The van der Waals surface area contributed by atoms with E-state index in [-0.39, 0.29) is 23.6 Å². The molecule has 1 unspecified atom stereocenters. The van der Waals surface area contributed by atoms with Crippen LogP contribution in [0.2, 0.25) is 0 Å². The van der Waals surface area contributed by atoms with Gasteiger partial charge in [0.05, 0.1) is 6.10 Å². The van der Waals surface area contributed by atoms with Gasteiger partial charge in [-0.15, -0.1) is 0 Å². The molecule has 21 heavy (non-hydrogen) atoms. The lowest BCUT2D eigenvalue weighted by molar-refractivity contribution is 0.0853. The van der Waals surface area contributed by atoms with Crippen LogP contribution in [0.15, 0.2) is 18.3 Å². The van der Waals surface area contributed by atoms with Gasteiger partial charge in [-0.05, 0) is 37.8 Å². The lowest BCUT2D eigenvalue weighted by atomic mass is 10.2. The second kappa shape index (κ2) is 6.22. The first kappa shape index (κ1) is 14.0. The highest BCUT2D eigenvalue weighted by atomic mass is 16.5. The number of hydrogen-bond acceptors (Lipinski definition) is 4. The first-order valence-electron chi connectivity index (χ1n) is 7.39. The molecule has 2 aliphatic rings. The lowest BCUT2D eigenvalue weighted by Gasteiger charge is -2.10. The Morgan fingerprint density at radius 3 is 2.86 bits per heavy atom. The molecule has 2 amide bonds. The van der Waals surface area contributed by atoms with Gasteiger partial charge in [0.25, 0.3) is 11.8 Å². The van der Waals surface area contributed by atoms with Gasteiger partial charge in [0.1, 0.15) is 5.69 Å². The first-order chi connectivity index (χ1) is 10.2. The van der Waals surface area contributed by atoms with Crippen LogP contribution >= 0.6 is 0 Å². The van der Waals surface area contributed by atoms with Crippen molar-refractivity contribution in [3.63, 3.8) is 0 Å². The Morgan fingerprint density at radius 1 is 1.29 bits per heavy atom. The number of amides is 2. The van der Waals surface area contributed by atoms with Gasteiger partial charge >= 0.3 is 0 Å². The fourth-order valence-electron chi connectivity index (χ4n) is 2.29. The molecule has 1 atom stereocenters. The van der Waals surface area contributed by atoms with E-state index in [1.165, 1.54) is 12.3 Å². The van der Waals surface area contributed by atoms with E-state index in [0.717, 1.165) is 32.3 Å². The second-order valence-corrected chi connectivity index (χ2v) is 5.52. The number of nitrogens with one attached hydrogen (secondary N) is 2. The molecule has 1 saturated carbocycles. The Kier molecular flexibility index (Phi) is 4.15. The summed E-state index contributed by atoms with van der Waals surface area (Å²) < 4.78 is 5.45. The number of carbonyl (C=O) groups excluding carboxylic acids is 2. The van der Waals surface area contributed by atoms with E-state index in [1.54, 1.807) is 6.07 Å². The molecule has 1 aliphatic carbocycles. The van der Waals surface area contributed by atoms with Gasteiger partial charge in [-0.2, -0.15) is 0 Å². The third-order valence-electron chi connectivity index (χ3n) is 3.68. The van der Waals surface area contributed by atoms with E-state index >= 15 is 0 Å². The van der Waals surface area contributed by atoms with E-state index in [2.05, 4.69) is 15.6 Å². The Hall–Kier alpha value is -1.95. The minimum Gasteiger partial charge on any atom is -0.376 e. The molecular formula is C15H19N3O3. The Morgan fingerprint density at radius 2 is 2.14 bits per heavy atom. The summed E-state index contributed by atoms with van der Waals surface area (Å²) in [5.41, 5.74) is 0.732. The molecule has 112 valence electrons. The van der Waals surface area contributed by atoms with Gasteiger partial charge in [-0.25, -0.2) is 0 Å². The normalized spacial score (nSPS) is 21.0. The molecule has 0 aromatic carbocycles. The fraction of sp³-hybridized carbons (Fsp3) is 0.533. The van der Waals surface area contributed by atoms with Crippen molar-refractivity contribution in [3.05, 3.63) is 29.6 Å². The summed E-state index contributed by atoms with van der Waals surface area (Å²) >= 11 is 0. The van der Waals surface area contributed by atoms with Crippen LogP contribution in [0.5, 0.6) is 0 Å². The number of ether oxygens (including phenoxy) is 1. The Balaban J connectivity index is 1.58. The number of hydrogen-bond donors (Lipinski definition) is 2. The smallest absolute Gasteiger partial charge is 0.269 e. The number of nitrogens with zero attached hydrogens (tertiary/aromatic N) is 1. The van der Waals surface area contributed by atoms with Gasteiger partial charge in [-0.3, -0.25) is 14.6 Å². The van der Waals surface area contributed by atoms with E-state index in [1.807, 2.05) is 0 Å². The molecule has 2 heterocycles. The summed E-state index contributed by atoms with van der Waals surface area (Å²) in [6, 6.07) is 3.44. The summed E-state index contributed by atoms with van der Waals surface area (Å²) in [6.45, 7) is 1.24.